The maximum atomic E-state index is 13.5. The number of fused-ring (bicyclic) bond motifs is 2. The largest absolute Gasteiger partial charge is 0.486 e. The molecule has 0 saturated heterocycles. The third-order valence-corrected chi connectivity index (χ3v) is 5.87. The lowest BCUT2D eigenvalue weighted by Gasteiger charge is -2.19. The molecule has 9 nitrogen and oxygen atoms in total. The molecule has 0 aliphatic heterocycles. The van der Waals surface area contributed by atoms with Crippen LogP contribution in [0.5, 0.6) is 5.75 Å². The summed E-state index contributed by atoms with van der Waals surface area (Å²) in [7, 11) is 0. The lowest BCUT2D eigenvalue weighted by molar-refractivity contribution is -0.386. The molecule has 0 atom stereocenters. The zero-order valence-electron chi connectivity index (χ0n) is 20.8. The Morgan fingerprint density at radius 3 is 2.68 bits per heavy atom. The Morgan fingerprint density at radius 1 is 1.13 bits per heavy atom. The van der Waals surface area contributed by atoms with E-state index in [0.717, 1.165) is 10.1 Å². The molecule has 10 heteroatoms. The average molecular weight is 531 g/mol. The predicted octanol–water partition coefficient (Wildman–Crippen LogP) is 6.68. The summed E-state index contributed by atoms with van der Waals surface area (Å²) >= 11 is 6.13. The average Bonchev–Trinajstić information content (AvgIpc) is 3.29. The van der Waals surface area contributed by atoms with Crippen molar-refractivity contribution >= 4 is 45.4 Å². The van der Waals surface area contributed by atoms with Gasteiger partial charge >= 0.3 is 5.69 Å². The summed E-state index contributed by atoms with van der Waals surface area (Å²) in [5.74, 6) is 0.545. The number of para-hydroxylation sites is 2. The number of hydrogen-bond donors (Lipinski definition) is 0. The minimum absolute atomic E-state index is 0.0675. The van der Waals surface area contributed by atoms with Crippen molar-refractivity contribution in [1.29, 1.82) is 0 Å². The Kier molecular flexibility index (Phi) is 6.46. The molecule has 0 spiro atoms. The molecule has 0 aliphatic rings. The van der Waals surface area contributed by atoms with E-state index in [0.29, 0.717) is 32.8 Å². The molecule has 0 bridgehead atoms. The number of hydrogen-bond acceptors (Lipinski definition) is 7. The monoisotopic (exact) mass is 530 g/mol. The van der Waals surface area contributed by atoms with Crippen molar-refractivity contribution in [2.75, 3.05) is 6.61 Å². The number of nitro benzene ring substituents is 1. The zero-order valence-corrected chi connectivity index (χ0v) is 21.6. The second kappa shape index (κ2) is 9.75. The van der Waals surface area contributed by atoms with Gasteiger partial charge in [0.15, 0.2) is 5.76 Å². The van der Waals surface area contributed by atoms with Crippen LogP contribution in [0.4, 0.5) is 5.69 Å². The Morgan fingerprint density at radius 2 is 1.92 bits per heavy atom. The fourth-order valence-corrected chi connectivity index (χ4v) is 4.05. The molecular weight excluding hydrogens is 508 g/mol. The molecule has 3 aromatic carbocycles. The van der Waals surface area contributed by atoms with Gasteiger partial charge in [0.1, 0.15) is 5.58 Å². The Bertz CT molecular complexity index is 1780. The number of furan rings is 1. The minimum Gasteiger partial charge on any atom is -0.486 e. The van der Waals surface area contributed by atoms with E-state index in [2.05, 4.69) is 10.1 Å². The summed E-state index contributed by atoms with van der Waals surface area (Å²) in [5, 5.41) is 17.8. The predicted molar refractivity (Wildman–Crippen MR) is 147 cm³/mol. The molecule has 0 saturated carbocycles. The van der Waals surface area contributed by atoms with E-state index in [-0.39, 0.29) is 29.3 Å². The number of benzene rings is 3. The molecular formula is C28H23ClN4O5. The normalized spacial score (nSPS) is 12.0. The summed E-state index contributed by atoms with van der Waals surface area (Å²) < 4.78 is 13.0. The van der Waals surface area contributed by atoms with Gasteiger partial charge in [-0.05, 0) is 47.9 Å². The zero-order chi connectivity index (χ0) is 27.0. The number of ether oxygens (including phenoxy) is 1. The molecule has 2 aromatic heterocycles. The third-order valence-electron chi connectivity index (χ3n) is 5.64. The van der Waals surface area contributed by atoms with Crippen LogP contribution in [-0.2, 0) is 0 Å². The summed E-state index contributed by atoms with van der Waals surface area (Å²) in [6, 6.07) is 18.4. The van der Waals surface area contributed by atoms with Crippen LogP contribution in [-0.4, -0.2) is 27.4 Å². The summed E-state index contributed by atoms with van der Waals surface area (Å²) in [6.45, 7) is 6.12. The first-order chi connectivity index (χ1) is 18.1. The second-order valence-electron chi connectivity index (χ2n) is 9.91. The second-order valence-corrected chi connectivity index (χ2v) is 10.3. The molecule has 0 radical (unpaired) electrons. The Labute approximate surface area is 222 Å². The molecule has 192 valence electrons. The van der Waals surface area contributed by atoms with E-state index in [4.69, 9.17) is 20.8 Å². The number of nitrogens with zero attached hydrogens (tertiary/aromatic N) is 4. The number of rotatable bonds is 6. The Balaban J connectivity index is 1.68. The lowest BCUT2D eigenvalue weighted by atomic mass is 9.98. The van der Waals surface area contributed by atoms with Crippen LogP contribution in [0.3, 0.4) is 0 Å². The number of aromatic nitrogens is 2. The van der Waals surface area contributed by atoms with Crippen molar-refractivity contribution in [3.8, 4) is 17.3 Å². The van der Waals surface area contributed by atoms with Gasteiger partial charge in [0.05, 0.1) is 28.6 Å². The maximum Gasteiger partial charge on any atom is 0.311 e. The molecule has 0 N–H and O–H groups in total. The standard InChI is InChI=1S/C28H23ClN4O5/c1-28(2,3)16-37-25-17(7-6-10-22(25)33(35)36)15-30-32-26(31-21-9-5-4-8-20(21)27(32)34)24-14-18-13-19(29)11-12-23(18)38-24/h4-15H,16H2,1-3H3. The van der Waals surface area contributed by atoms with E-state index in [1.54, 1.807) is 54.6 Å². The van der Waals surface area contributed by atoms with Crippen molar-refractivity contribution in [3.05, 3.63) is 97.8 Å². The van der Waals surface area contributed by atoms with E-state index in [9.17, 15) is 14.9 Å². The van der Waals surface area contributed by atoms with Gasteiger partial charge in [-0.25, -0.2) is 4.98 Å². The van der Waals surface area contributed by atoms with Crippen molar-refractivity contribution in [2.24, 2.45) is 10.5 Å². The maximum absolute atomic E-state index is 13.5. The van der Waals surface area contributed by atoms with Crippen molar-refractivity contribution in [2.45, 2.75) is 20.8 Å². The SMILES string of the molecule is CC(C)(C)COc1c(C=Nn2c(-c3cc4cc(Cl)ccc4o3)nc3ccccc3c2=O)cccc1[N+](=O)[O-]. The van der Waals surface area contributed by atoms with Gasteiger partial charge in [-0.1, -0.05) is 50.6 Å². The van der Waals surface area contributed by atoms with Crippen LogP contribution in [0.2, 0.25) is 5.02 Å². The number of halogens is 1. The fourth-order valence-electron chi connectivity index (χ4n) is 3.87. The molecule has 2 heterocycles. The van der Waals surface area contributed by atoms with Gasteiger partial charge in [0.25, 0.3) is 5.56 Å². The minimum atomic E-state index is -0.510. The first kappa shape index (κ1) is 25.2. The molecule has 0 aliphatic carbocycles. The highest BCUT2D eigenvalue weighted by atomic mass is 35.5. The van der Waals surface area contributed by atoms with Crippen LogP contribution >= 0.6 is 11.6 Å². The van der Waals surface area contributed by atoms with Crippen molar-refractivity contribution < 1.29 is 14.1 Å². The highest BCUT2D eigenvalue weighted by molar-refractivity contribution is 6.31. The Hall–Kier alpha value is -4.50. The van der Waals surface area contributed by atoms with Gasteiger partial charge in [-0.15, -0.1) is 0 Å². The fraction of sp³-hybridized carbons (Fsp3) is 0.179. The molecule has 0 unspecified atom stereocenters. The van der Waals surface area contributed by atoms with E-state index >= 15 is 0 Å². The van der Waals surface area contributed by atoms with E-state index in [1.165, 1.54) is 18.3 Å². The summed E-state index contributed by atoms with van der Waals surface area (Å²) in [4.78, 5) is 29.4. The smallest absolute Gasteiger partial charge is 0.311 e. The van der Waals surface area contributed by atoms with Gasteiger partial charge in [-0.2, -0.15) is 9.78 Å². The molecule has 0 amide bonds. The summed E-state index contributed by atoms with van der Waals surface area (Å²) in [5.41, 5.74) is 0.514. The number of nitro groups is 1. The van der Waals surface area contributed by atoms with Crippen LogP contribution in [0.1, 0.15) is 26.3 Å². The van der Waals surface area contributed by atoms with Crippen molar-refractivity contribution in [1.82, 2.24) is 9.66 Å². The summed E-state index contributed by atoms with van der Waals surface area (Å²) in [6.07, 6.45) is 1.35. The molecule has 5 rings (SSSR count). The molecule has 0 fully saturated rings. The first-order valence-corrected chi connectivity index (χ1v) is 12.1. The van der Waals surface area contributed by atoms with Crippen LogP contribution in [0.15, 0.2) is 81.0 Å². The van der Waals surface area contributed by atoms with Crippen LogP contribution in [0, 0.1) is 15.5 Å². The van der Waals surface area contributed by atoms with Crippen LogP contribution in [0.25, 0.3) is 33.5 Å². The first-order valence-electron chi connectivity index (χ1n) is 11.8. The van der Waals surface area contributed by atoms with Gasteiger partial charge in [0, 0.05) is 22.0 Å². The third kappa shape index (κ3) is 5.01. The van der Waals surface area contributed by atoms with Crippen molar-refractivity contribution in [3.63, 3.8) is 0 Å². The van der Waals surface area contributed by atoms with E-state index in [1.807, 2.05) is 20.8 Å². The van der Waals surface area contributed by atoms with E-state index < -0.39 is 10.5 Å². The lowest BCUT2D eigenvalue weighted by Crippen LogP contribution is -2.20. The quantitative estimate of drug-likeness (QED) is 0.137. The topological polar surface area (TPSA) is 113 Å². The van der Waals surface area contributed by atoms with Gasteiger partial charge in [-0.3, -0.25) is 14.9 Å². The molecule has 38 heavy (non-hydrogen) atoms. The highest BCUT2D eigenvalue weighted by Crippen LogP contribution is 2.32. The molecule has 5 aromatic rings. The highest BCUT2D eigenvalue weighted by Gasteiger charge is 2.22. The van der Waals surface area contributed by atoms with Gasteiger partial charge < -0.3 is 9.15 Å². The van der Waals surface area contributed by atoms with Crippen LogP contribution < -0.4 is 10.3 Å². The van der Waals surface area contributed by atoms with Gasteiger partial charge in [0.2, 0.25) is 11.6 Å².